The van der Waals surface area contributed by atoms with Crippen LogP contribution in [-0.2, 0) is 11.8 Å². The topological polar surface area (TPSA) is 86.3 Å². The van der Waals surface area contributed by atoms with Crippen LogP contribution in [0.3, 0.4) is 0 Å². The SMILES string of the molecule is COc1ccc(-c2nnc(SCC(=O)N/N=C/c3cccn3C)n2-c2ccc(C)cc2)cc1. The van der Waals surface area contributed by atoms with Crippen molar-refractivity contribution >= 4 is 23.9 Å². The van der Waals surface area contributed by atoms with Crippen molar-refractivity contribution in [2.24, 2.45) is 12.1 Å². The summed E-state index contributed by atoms with van der Waals surface area (Å²) in [6, 6.07) is 19.6. The van der Waals surface area contributed by atoms with E-state index in [4.69, 9.17) is 4.74 Å². The fourth-order valence-corrected chi connectivity index (χ4v) is 3.90. The molecular weight excluding hydrogens is 436 g/mol. The summed E-state index contributed by atoms with van der Waals surface area (Å²) in [7, 11) is 3.55. The lowest BCUT2D eigenvalue weighted by Crippen LogP contribution is -2.20. The largest absolute Gasteiger partial charge is 0.497 e. The maximum absolute atomic E-state index is 12.3. The molecule has 1 N–H and O–H groups in total. The van der Waals surface area contributed by atoms with Crippen LogP contribution in [-0.4, -0.2) is 44.3 Å². The highest BCUT2D eigenvalue weighted by molar-refractivity contribution is 7.99. The van der Waals surface area contributed by atoms with Crippen LogP contribution in [0.15, 0.2) is 77.1 Å². The van der Waals surface area contributed by atoms with E-state index in [2.05, 4.69) is 20.7 Å². The third-order valence-electron chi connectivity index (χ3n) is 4.98. The minimum absolute atomic E-state index is 0.150. The number of aryl methyl sites for hydroxylation is 2. The number of ether oxygens (including phenoxy) is 1. The second-order valence-electron chi connectivity index (χ2n) is 7.33. The Morgan fingerprint density at radius 3 is 2.55 bits per heavy atom. The van der Waals surface area contributed by atoms with Gasteiger partial charge in [-0.2, -0.15) is 5.10 Å². The van der Waals surface area contributed by atoms with Crippen LogP contribution in [0.2, 0.25) is 0 Å². The quantitative estimate of drug-likeness (QED) is 0.245. The smallest absolute Gasteiger partial charge is 0.250 e. The van der Waals surface area contributed by atoms with Crippen LogP contribution in [0.4, 0.5) is 0 Å². The predicted molar refractivity (Wildman–Crippen MR) is 130 cm³/mol. The van der Waals surface area contributed by atoms with E-state index in [1.54, 1.807) is 13.3 Å². The third kappa shape index (κ3) is 5.32. The molecular formula is C24H24N6O2S. The molecule has 2 aromatic heterocycles. The number of carbonyl (C=O) groups is 1. The number of nitrogens with zero attached hydrogens (tertiary/aromatic N) is 5. The van der Waals surface area contributed by atoms with Gasteiger partial charge >= 0.3 is 0 Å². The van der Waals surface area contributed by atoms with Crippen LogP contribution in [0, 0.1) is 6.92 Å². The van der Waals surface area contributed by atoms with E-state index in [9.17, 15) is 4.79 Å². The number of amides is 1. The maximum atomic E-state index is 12.3. The molecule has 0 aliphatic rings. The molecule has 0 radical (unpaired) electrons. The Kier molecular flexibility index (Phi) is 6.89. The zero-order chi connectivity index (χ0) is 23.2. The van der Waals surface area contributed by atoms with Crippen molar-refractivity contribution in [2.45, 2.75) is 12.1 Å². The Bertz CT molecular complexity index is 1260. The standard InChI is InChI=1S/C24H24N6O2S/c1-17-6-10-19(11-7-17)30-23(18-8-12-21(32-3)13-9-18)27-28-24(30)33-16-22(31)26-25-15-20-5-4-14-29(20)2/h4-15H,16H2,1-3H3,(H,26,31)/b25-15+. The summed E-state index contributed by atoms with van der Waals surface area (Å²) in [6.07, 6.45) is 3.52. The number of nitrogens with one attached hydrogen (secondary N) is 1. The van der Waals surface area contributed by atoms with Crippen LogP contribution >= 0.6 is 11.8 Å². The summed E-state index contributed by atoms with van der Waals surface area (Å²) in [6.45, 7) is 2.04. The Balaban J connectivity index is 1.54. The number of hydrogen-bond donors (Lipinski definition) is 1. The Morgan fingerprint density at radius 2 is 1.88 bits per heavy atom. The van der Waals surface area contributed by atoms with E-state index in [0.29, 0.717) is 11.0 Å². The molecule has 0 bridgehead atoms. The molecule has 1 amide bonds. The fourth-order valence-electron chi connectivity index (χ4n) is 3.16. The first-order valence-electron chi connectivity index (χ1n) is 10.3. The van der Waals surface area contributed by atoms with E-state index in [1.807, 2.05) is 90.0 Å². The number of methoxy groups -OCH3 is 1. The number of thioether (sulfide) groups is 1. The molecule has 0 atom stereocenters. The molecule has 0 aliphatic heterocycles. The average Bonchev–Trinajstić information content (AvgIpc) is 3.44. The van der Waals surface area contributed by atoms with Gasteiger partial charge in [0, 0.05) is 24.5 Å². The van der Waals surface area contributed by atoms with Gasteiger partial charge in [0.2, 0.25) is 0 Å². The van der Waals surface area contributed by atoms with Crippen LogP contribution in [0.25, 0.3) is 17.1 Å². The summed E-state index contributed by atoms with van der Waals surface area (Å²) < 4.78 is 9.12. The minimum atomic E-state index is -0.227. The lowest BCUT2D eigenvalue weighted by Gasteiger charge is -2.11. The summed E-state index contributed by atoms with van der Waals surface area (Å²) in [4.78, 5) is 12.3. The van der Waals surface area contributed by atoms with E-state index in [-0.39, 0.29) is 11.7 Å². The number of hydrogen-bond acceptors (Lipinski definition) is 6. The summed E-state index contributed by atoms with van der Waals surface area (Å²) >= 11 is 1.30. The fraction of sp³-hybridized carbons (Fsp3) is 0.167. The Labute approximate surface area is 196 Å². The number of aromatic nitrogens is 4. The molecule has 0 fully saturated rings. The van der Waals surface area contributed by atoms with Crippen LogP contribution < -0.4 is 10.2 Å². The van der Waals surface area contributed by atoms with Crippen molar-refractivity contribution in [1.29, 1.82) is 0 Å². The molecule has 8 nitrogen and oxygen atoms in total. The Hall–Kier alpha value is -3.85. The van der Waals surface area contributed by atoms with Gasteiger partial charge in [-0.3, -0.25) is 9.36 Å². The first-order chi connectivity index (χ1) is 16.0. The summed E-state index contributed by atoms with van der Waals surface area (Å²) in [5, 5.41) is 13.4. The monoisotopic (exact) mass is 460 g/mol. The van der Waals surface area contributed by atoms with E-state index < -0.39 is 0 Å². The number of hydrazone groups is 1. The zero-order valence-electron chi connectivity index (χ0n) is 18.6. The summed E-state index contributed by atoms with van der Waals surface area (Å²) in [5.74, 6) is 1.38. The first-order valence-corrected chi connectivity index (χ1v) is 11.3. The van der Waals surface area contributed by atoms with Crippen molar-refractivity contribution in [2.75, 3.05) is 12.9 Å². The second-order valence-corrected chi connectivity index (χ2v) is 8.27. The van der Waals surface area contributed by atoms with Crippen molar-refractivity contribution in [3.63, 3.8) is 0 Å². The van der Waals surface area contributed by atoms with E-state index >= 15 is 0 Å². The molecule has 0 aliphatic carbocycles. The summed E-state index contributed by atoms with van der Waals surface area (Å²) in [5.41, 5.74) is 6.42. The lowest BCUT2D eigenvalue weighted by atomic mass is 10.2. The van der Waals surface area contributed by atoms with Crippen molar-refractivity contribution < 1.29 is 9.53 Å². The average molecular weight is 461 g/mol. The van der Waals surface area contributed by atoms with Gasteiger partial charge in [0.15, 0.2) is 11.0 Å². The molecule has 2 aromatic carbocycles. The number of benzene rings is 2. The van der Waals surface area contributed by atoms with E-state index in [1.165, 1.54) is 11.8 Å². The molecule has 2 heterocycles. The van der Waals surface area contributed by atoms with Gasteiger partial charge in [0.25, 0.3) is 5.91 Å². The van der Waals surface area contributed by atoms with Gasteiger partial charge in [-0.05, 0) is 55.5 Å². The molecule has 0 spiro atoms. The third-order valence-corrected chi connectivity index (χ3v) is 5.91. The molecule has 0 unspecified atom stereocenters. The van der Waals surface area contributed by atoms with Gasteiger partial charge in [-0.15, -0.1) is 10.2 Å². The first kappa shape index (κ1) is 22.3. The zero-order valence-corrected chi connectivity index (χ0v) is 19.4. The molecule has 168 valence electrons. The molecule has 9 heteroatoms. The minimum Gasteiger partial charge on any atom is -0.497 e. The highest BCUT2D eigenvalue weighted by Gasteiger charge is 2.17. The second kappa shape index (κ2) is 10.2. The molecule has 4 aromatic rings. The number of rotatable bonds is 8. The Morgan fingerprint density at radius 1 is 1.12 bits per heavy atom. The normalized spacial score (nSPS) is 11.1. The molecule has 0 saturated carbocycles. The van der Waals surface area contributed by atoms with Gasteiger partial charge in [-0.25, -0.2) is 5.43 Å². The van der Waals surface area contributed by atoms with Crippen molar-refractivity contribution in [3.05, 3.63) is 78.1 Å². The number of carbonyl (C=O) groups excluding carboxylic acids is 1. The van der Waals surface area contributed by atoms with Crippen molar-refractivity contribution in [1.82, 2.24) is 24.8 Å². The van der Waals surface area contributed by atoms with Crippen molar-refractivity contribution in [3.8, 4) is 22.8 Å². The van der Waals surface area contributed by atoms with Crippen LogP contribution in [0.1, 0.15) is 11.3 Å². The van der Waals surface area contributed by atoms with Gasteiger partial charge in [0.1, 0.15) is 5.75 Å². The predicted octanol–water partition coefficient (Wildman–Crippen LogP) is 3.83. The van der Waals surface area contributed by atoms with E-state index in [0.717, 1.165) is 28.3 Å². The highest BCUT2D eigenvalue weighted by Crippen LogP contribution is 2.29. The van der Waals surface area contributed by atoms with Gasteiger partial charge in [-0.1, -0.05) is 29.5 Å². The molecule has 0 saturated heterocycles. The lowest BCUT2D eigenvalue weighted by molar-refractivity contribution is -0.118. The molecule has 33 heavy (non-hydrogen) atoms. The molecule has 4 rings (SSSR count). The van der Waals surface area contributed by atoms with Gasteiger partial charge in [0.05, 0.1) is 24.8 Å². The maximum Gasteiger partial charge on any atom is 0.250 e. The highest BCUT2D eigenvalue weighted by atomic mass is 32.2. The van der Waals surface area contributed by atoms with Crippen LogP contribution in [0.5, 0.6) is 5.75 Å². The van der Waals surface area contributed by atoms with Gasteiger partial charge < -0.3 is 9.30 Å².